The van der Waals surface area contributed by atoms with Gasteiger partial charge in [0.1, 0.15) is 11.9 Å². The van der Waals surface area contributed by atoms with E-state index in [-0.39, 0.29) is 24.1 Å². The zero-order chi connectivity index (χ0) is 13.8. The molecule has 0 bridgehead atoms. The lowest BCUT2D eigenvalue weighted by Gasteiger charge is -2.24. The number of carbonyl (C=O) groups is 1. The molecule has 5 heteroatoms. The molecule has 100 valence electrons. The SMILES string of the molecule is CC1CNC(CC#N)C(=O)N(c2cccc(F)c2)C1. The molecule has 0 spiro atoms. The van der Waals surface area contributed by atoms with E-state index in [0.717, 1.165) is 0 Å². The molecule has 0 saturated carbocycles. The van der Waals surface area contributed by atoms with Crippen molar-refractivity contribution in [3.8, 4) is 6.07 Å². The maximum atomic E-state index is 13.3. The molecule has 1 heterocycles. The number of nitriles is 1. The van der Waals surface area contributed by atoms with Crippen LogP contribution in [0.4, 0.5) is 10.1 Å². The Morgan fingerprint density at radius 1 is 1.58 bits per heavy atom. The second kappa shape index (κ2) is 5.81. The summed E-state index contributed by atoms with van der Waals surface area (Å²) in [5.74, 6) is -0.292. The minimum Gasteiger partial charge on any atom is -0.311 e. The highest BCUT2D eigenvalue weighted by atomic mass is 19.1. The van der Waals surface area contributed by atoms with Crippen LogP contribution in [0, 0.1) is 23.1 Å². The third-order valence-electron chi connectivity index (χ3n) is 3.19. The first kappa shape index (κ1) is 13.5. The minimum absolute atomic E-state index is 0.122. The average Bonchev–Trinajstić information content (AvgIpc) is 2.52. The molecule has 1 aliphatic rings. The van der Waals surface area contributed by atoms with Crippen LogP contribution in [-0.4, -0.2) is 25.0 Å². The molecule has 2 unspecified atom stereocenters. The van der Waals surface area contributed by atoms with Gasteiger partial charge in [-0.15, -0.1) is 0 Å². The van der Waals surface area contributed by atoms with E-state index in [0.29, 0.717) is 18.8 Å². The lowest BCUT2D eigenvalue weighted by molar-refractivity contribution is -0.120. The van der Waals surface area contributed by atoms with Crippen LogP contribution in [-0.2, 0) is 4.79 Å². The topological polar surface area (TPSA) is 56.1 Å². The number of hydrogen-bond acceptors (Lipinski definition) is 3. The molecule has 1 aromatic rings. The van der Waals surface area contributed by atoms with Crippen LogP contribution in [0.1, 0.15) is 13.3 Å². The van der Waals surface area contributed by atoms with Crippen LogP contribution in [0.3, 0.4) is 0 Å². The molecule has 19 heavy (non-hydrogen) atoms. The van der Waals surface area contributed by atoms with E-state index in [2.05, 4.69) is 5.32 Å². The summed E-state index contributed by atoms with van der Waals surface area (Å²) in [6, 6.07) is 7.48. The van der Waals surface area contributed by atoms with Crippen molar-refractivity contribution in [3.05, 3.63) is 30.1 Å². The third kappa shape index (κ3) is 3.09. The van der Waals surface area contributed by atoms with Gasteiger partial charge in [-0.3, -0.25) is 4.79 Å². The highest BCUT2D eigenvalue weighted by molar-refractivity contribution is 5.97. The average molecular weight is 261 g/mol. The summed E-state index contributed by atoms with van der Waals surface area (Å²) in [7, 11) is 0. The number of anilines is 1. The van der Waals surface area contributed by atoms with E-state index in [1.165, 1.54) is 12.1 Å². The van der Waals surface area contributed by atoms with Gasteiger partial charge in [0.15, 0.2) is 0 Å². The van der Waals surface area contributed by atoms with Gasteiger partial charge in [0.2, 0.25) is 5.91 Å². The molecule has 1 aromatic carbocycles. The second-order valence-electron chi connectivity index (χ2n) is 4.86. The number of nitrogens with one attached hydrogen (secondary N) is 1. The van der Waals surface area contributed by atoms with Crippen molar-refractivity contribution in [1.82, 2.24) is 5.32 Å². The Labute approximate surface area is 111 Å². The third-order valence-corrected chi connectivity index (χ3v) is 3.19. The van der Waals surface area contributed by atoms with E-state index in [1.54, 1.807) is 17.0 Å². The molecule has 2 atom stereocenters. The standard InChI is InChI=1S/C14H16FN3O/c1-10-8-17-13(5-6-16)14(19)18(9-10)12-4-2-3-11(15)7-12/h2-4,7,10,13,17H,5,8-9H2,1H3. The molecule has 4 nitrogen and oxygen atoms in total. The maximum Gasteiger partial charge on any atom is 0.245 e. The Balaban J connectivity index is 2.30. The molecule has 1 N–H and O–H groups in total. The van der Waals surface area contributed by atoms with Gasteiger partial charge >= 0.3 is 0 Å². The quantitative estimate of drug-likeness (QED) is 0.881. The van der Waals surface area contributed by atoms with E-state index in [4.69, 9.17) is 5.26 Å². The van der Waals surface area contributed by atoms with Crippen molar-refractivity contribution >= 4 is 11.6 Å². The number of rotatable bonds is 2. The molecule has 1 aliphatic heterocycles. The van der Waals surface area contributed by atoms with Gasteiger partial charge in [-0.1, -0.05) is 13.0 Å². The second-order valence-corrected chi connectivity index (χ2v) is 4.86. The molecule has 1 saturated heterocycles. The highest BCUT2D eigenvalue weighted by Gasteiger charge is 2.30. The predicted molar refractivity (Wildman–Crippen MR) is 69.9 cm³/mol. The molecule has 1 fully saturated rings. The van der Waals surface area contributed by atoms with Crippen molar-refractivity contribution in [1.29, 1.82) is 5.26 Å². The first-order chi connectivity index (χ1) is 9.11. The summed E-state index contributed by atoms with van der Waals surface area (Å²) in [6.45, 7) is 3.21. The summed E-state index contributed by atoms with van der Waals surface area (Å²) < 4.78 is 13.3. The normalized spacial score (nSPS) is 23.8. The van der Waals surface area contributed by atoms with Gasteiger partial charge in [-0.05, 0) is 24.1 Å². The number of halogens is 1. The van der Waals surface area contributed by atoms with Crippen molar-refractivity contribution < 1.29 is 9.18 Å². The Kier molecular flexibility index (Phi) is 4.13. The molecular weight excluding hydrogens is 245 g/mol. The van der Waals surface area contributed by atoms with Gasteiger partial charge in [0.25, 0.3) is 0 Å². The molecule has 0 aromatic heterocycles. The van der Waals surface area contributed by atoms with Crippen molar-refractivity contribution in [2.75, 3.05) is 18.0 Å². The van der Waals surface area contributed by atoms with Crippen LogP contribution < -0.4 is 10.2 Å². The van der Waals surface area contributed by atoms with Crippen LogP contribution in [0.15, 0.2) is 24.3 Å². The van der Waals surface area contributed by atoms with E-state index >= 15 is 0 Å². The fraction of sp³-hybridized carbons (Fsp3) is 0.429. The smallest absolute Gasteiger partial charge is 0.245 e. The van der Waals surface area contributed by atoms with Crippen molar-refractivity contribution in [2.45, 2.75) is 19.4 Å². The lowest BCUT2D eigenvalue weighted by atomic mass is 10.1. The number of benzene rings is 1. The van der Waals surface area contributed by atoms with Crippen LogP contribution in [0.5, 0.6) is 0 Å². The maximum absolute atomic E-state index is 13.3. The first-order valence-electron chi connectivity index (χ1n) is 6.29. The molecule has 1 amide bonds. The van der Waals surface area contributed by atoms with Crippen LogP contribution in [0.2, 0.25) is 0 Å². The van der Waals surface area contributed by atoms with Gasteiger partial charge < -0.3 is 10.2 Å². The summed E-state index contributed by atoms with van der Waals surface area (Å²) in [5.41, 5.74) is 0.545. The summed E-state index contributed by atoms with van der Waals surface area (Å²) in [6.07, 6.45) is 0.122. The van der Waals surface area contributed by atoms with E-state index in [1.807, 2.05) is 13.0 Å². The molecular formula is C14H16FN3O. The lowest BCUT2D eigenvalue weighted by Crippen LogP contribution is -2.43. The molecule has 0 aliphatic carbocycles. The number of hydrogen-bond donors (Lipinski definition) is 1. The van der Waals surface area contributed by atoms with Crippen LogP contribution in [0.25, 0.3) is 0 Å². The highest BCUT2D eigenvalue weighted by Crippen LogP contribution is 2.20. The Hall–Kier alpha value is -1.93. The zero-order valence-electron chi connectivity index (χ0n) is 10.8. The minimum atomic E-state index is -0.516. The van der Waals surface area contributed by atoms with E-state index in [9.17, 15) is 9.18 Å². The monoisotopic (exact) mass is 261 g/mol. The fourth-order valence-electron chi connectivity index (χ4n) is 2.21. The van der Waals surface area contributed by atoms with Gasteiger partial charge in [-0.25, -0.2) is 4.39 Å². The van der Waals surface area contributed by atoms with Crippen LogP contribution >= 0.6 is 0 Å². The predicted octanol–water partition coefficient (Wildman–Crippen LogP) is 1.68. The van der Waals surface area contributed by atoms with E-state index < -0.39 is 6.04 Å². The fourth-order valence-corrected chi connectivity index (χ4v) is 2.21. The molecule has 2 rings (SSSR count). The number of amides is 1. The van der Waals surface area contributed by atoms with Crippen molar-refractivity contribution in [2.24, 2.45) is 5.92 Å². The van der Waals surface area contributed by atoms with Gasteiger partial charge in [-0.2, -0.15) is 5.26 Å². The Bertz CT molecular complexity index is 512. The number of carbonyl (C=O) groups excluding carboxylic acids is 1. The number of nitrogens with zero attached hydrogens (tertiary/aromatic N) is 2. The summed E-state index contributed by atoms with van der Waals surface area (Å²) >= 11 is 0. The Morgan fingerprint density at radius 2 is 2.37 bits per heavy atom. The molecule has 0 radical (unpaired) electrons. The Morgan fingerprint density at radius 3 is 3.05 bits per heavy atom. The largest absolute Gasteiger partial charge is 0.311 e. The van der Waals surface area contributed by atoms with Crippen molar-refractivity contribution in [3.63, 3.8) is 0 Å². The summed E-state index contributed by atoms with van der Waals surface area (Å²) in [5, 5.41) is 11.9. The zero-order valence-corrected chi connectivity index (χ0v) is 10.8. The van der Waals surface area contributed by atoms with Gasteiger partial charge in [0.05, 0.1) is 12.5 Å². The van der Waals surface area contributed by atoms with Gasteiger partial charge in [0, 0.05) is 18.8 Å². The first-order valence-corrected chi connectivity index (χ1v) is 6.29. The summed E-state index contributed by atoms with van der Waals surface area (Å²) in [4.78, 5) is 13.9.